The fourth-order valence-electron chi connectivity index (χ4n) is 9.98. The Bertz CT molecular complexity index is 1550. The van der Waals surface area contributed by atoms with Gasteiger partial charge in [0.25, 0.3) is 0 Å². The summed E-state index contributed by atoms with van der Waals surface area (Å²) < 4.78 is 34.0. The molecule has 17 unspecified atom stereocenters. The number of hydrogen-bond acceptors (Lipinski definition) is 18. The minimum Gasteiger partial charge on any atom is -0.394 e. The molecule has 3 rings (SSSR count). The third-order valence-electron chi connectivity index (χ3n) is 14.9. The molecule has 0 aromatic carbocycles. The van der Waals surface area contributed by atoms with Crippen LogP contribution in [-0.2, 0) is 33.2 Å². The first-order valence-electron chi connectivity index (χ1n) is 29.7. The van der Waals surface area contributed by atoms with E-state index in [0.717, 1.165) is 51.4 Å². The molecule has 3 fully saturated rings. The van der Waals surface area contributed by atoms with Crippen LogP contribution in [0.15, 0.2) is 36.5 Å². The van der Waals surface area contributed by atoms with Gasteiger partial charge < -0.3 is 89.9 Å². The lowest BCUT2D eigenvalue weighted by Crippen LogP contribution is -2.66. The molecule has 0 aromatic rings. The van der Waals surface area contributed by atoms with Crippen LogP contribution in [0, 0.1) is 0 Å². The molecule has 3 aliphatic heterocycles. The zero-order valence-electron chi connectivity index (χ0n) is 46.7. The van der Waals surface area contributed by atoms with Crippen LogP contribution in [0.3, 0.4) is 0 Å². The molecule has 0 aliphatic carbocycles. The van der Waals surface area contributed by atoms with E-state index in [1.807, 2.05) is 6.08 Å². The van der Waals surface area contributed by atoms with E-state index in [-0.39, 0.29) is 18.9 Å². The van der Waals surface area contributed by atoms with Crippen LogP contribution in [0.5, 0.6) is 0 Å². The smallest absolute Gasteiger partial charge is 0.220 e. The predicted octanol–water partition coefficient (Wildman–Crippen LogP) is 4.93. The van der Waals surface area contributed by atoms with E-state index in [1.165, 1.54) is 116 Å². The van der Waals surface area contributed by atoms with Crippen molar-refractivity contribution in [1.82, 2.24) is 5.32 Å². The summed E-state index contributed by atoms with van der Waals surface area (Å²) >= 11 is 0. The van der Waals surface area contributed by atoms with E-state index in [1.54, 1.807) is 6.08 Å². The summed E-state index contributed by atoms with van der Waals surface area (Å²) in [5.41, 5.74) is 0. The van der Waals surface area contributed by atoms with E-state index < -0.39 is 124 Å². The van der Waals surface area contributed by atoms with Crippen LogP contribution in [0.1, 0.15) is 194 Å². The zero-order valence-corrected chi connectivity index (χ0v) is 46.7. The topological polar surface area (TPSA) is 307 Å². The molecule has 0 saturated carbocycles. The van der Waals surface area contributed by atoms with Gasteiger partial charge in [0.15, 0.2) is 18.9 Å². The highest BCUT2D eigenvalue weighted by atomic mass is 16.8. The van der Waals surface area contributed by atoms with Gasteiger partial charge in [-0.15, -0.1) is 0 Å². The molecular weight excluding hydrogens is 999 g/mol. The second-order valence-corrected chi connectivity index (χ2v) is 21.5. The van der Waals surface area contributed by atoms with Crippen molar-refractivity contribution in [3.63, 3.8) is 0 Å². The molecule has 77 heavy (non-hydrogen) atoms. The van der Waals surface area contributed by atoms with Crippen LogP contribution in [0.2, 0.25) is 0 Å². The molecule has 19 nitrogen and oxygen atoms in total. The molecule has 1 amide bonds. The summed E-state index contributed by atoms with van der Waals surface area (Å²) in [7, 11) is 0. The number of aliphatic hydroxyl groups is 11. The monoisotopic (exact) mass is 1100 g/mol. The van der Waals surface area contributed by atoms with Gasteiger partial charge in [0, 0.05) is 6.42 Å². The maximum absolute atomic E-state index is 13.2. The number of nitrogens with one attached hydrogen (secondary N) is 1. The number of allylic oxidation sites excluding steroid dienone is 5. The SMILES string of the molecule is CCCCC/C=C/C(O)C(COC1OC(CO)C(OC2OC(CO)C(OC3OC(CO)C(O)C(O)C3O)C(O)C2O)C(O)C1O)NC(=O)CCCCCCCCCCCCCCCCC/C=C\C/C=C\CCCCCCC. The van der Waals surface area contributed by atoms with Gasteiger partial charge in [-0.1, -0.05) is 172 Å². The van der Waals surface area contributed by atoms with Crippen LogP contribution in [0.4, 0.5) is 0 Å². The lowest BCUT2D eigenvalue weighted by Gasteiger charge is -2.48. The third-order valence-corrected chi connectivity index (χ3v) is 14.9. The Morgan fingerprint density at radius 1 is 0.468 bits per heavy atom. The Labute approximate surface area is 460 Å². The first-order valence-corrected chi connectivity index (χ1v) is 29.7. The second-order valence-electron chi connectivity index (χ2n) is 21.5. The van der Waals surface area contributed by atoms with Crippen molar-refractivity contribution in [3.8, 4) is 0 Å². The molecule has 3 aliphatic rings. The summed E-state index contributed by atoms with van der Waals surface area (Å²) in [6.07, 6.45) is 17.9. The normalized spacial score (nSPS) is 30.9. The summed E-state index contributed by atoms with van der Waals surface area (Å²) in [4.78, 5) is 13.2. The Morgan fingerprint density at radius 2 is 0.857 bits per heavy atom. The molecule has 3 heterocycles. The van der Waals surface area contributed by atoms with E-state index in [0.29, 0.717) is 6.42 Å². The number of carbonyl (C=O) groups excluding carboxylic acids is 1. The zero-order chi connectivity index (χ0) is 56.2. The summed E-state index contributed by atoms with van der Waals surface area (Å²) in [6, 6.07) is -0.968. The van der Waals surface area contributed by atoms with Crippen LogP contribution >= 0.6 is 0 Å². The first kappa shape index (κ1) is 69.3. The van der Waals surface area contributed by atoms with Crippen LogP contribution in [0.25, 0.3) is 0 Å². The molecule has 0 bridgehead atoms. The Kier molecular flexibility index (Phi) is 37.7. The maximum atomic E-state index is 13.2. The first-order chi connectivity index (χ1) is 37.3. The average molecular weight is 1100 g/mol. The fraction of sp³-hybridized carbons (Fsp3) is 0.879. The Balaban J connectivity index is 1.35. The molecule has 19 heteroatoms. The number of aliphatic hydroxyl groups excluding tert-OH is 11. The molecule has 17 atom stereocenters. The summed E-state index contributed by atoms with van der Waals surface area (Å²) in [5.74, 6) is -0.284. The molecule has 3 saturated heterocycles. The van der Waals surface area contributed by atoms with E-state index in [2.05, 4.69) is 43.5 Å². The van der Waals surface area contributed by atoms with Crippen molar-refractivity contribution in [3.05, 3.63) is 36.5 Å². The van der Waals surface area contributed by atoms with Gasteiger partial charge in [0.1, 0.15) is 73.2 Å². The summed E-state index contributed by atoms with van der Waals surface area (Å²) in [5, 5.41) is 119. The lowest BCUT2D eigenvalue weighted by atomic mass is 9.96. The molecule has 0 aromatic heterocycles. The maximum Gasteiger partial charge on any atom is 0.220 e. The van der Waals surface area contributed by atoms with Crippen molar-refractivity contribution < 1.29 is 89.4 Å². The minimum atomic E-state index is -1.97. The van der Waals surface area contributed by atoms with E-state index in [4.69, 9.17) is 28.4 Å². The van der Waals surface area contributed by atoms with Gasteiger partial charge in [-0.3, -0.25) is 4.79 Å². The molecule has 12 N–H and O–H groups in total. The lowest BCUT2D eigenvalue weighted by molar-refractivity contribution is -0.379. The number of unbranched alkanes of at least 4 members (excludes halogenated alkanes) is 23. The molecular formula is C58H105NO18. The fourth-order valence-corrected chi connectivity index (χ4v) is 9.98. The largest absolute Gasteiger partial charge is 0.394 e. The highest BCUT2D eigenvalue weighted by molar-refractivity contribution is 5.76. The van der Waals surface area contributed by atoms with Crippen molar-refractivity contribution in [2.45, 2.75) is 298 Å². The van der Waals surface area contributed by atoms with Gasteiger partial charge >= 0.3 is 0 Å². The Hall–Kier alpha value is -1.99. The van der Waals surface area contributed by atoms with Gasteiger partial charge in [-0.2, -0.15) is 0 Å². The second kappa shape index (κ2) is 41.9. The molecule has 450 valence electrons. The van der Waals surface area contributed by atoms with E-state index in [9.17, 15) is 61.0 Å². The number of rotatable bonds is 43. The van der Waals surface area contributed by atoms with E-state index >= 15 is 0 Å². The van der Waals surface area contributed by atoms with Crippen molar-refractivity contribution in [2.75, 3.05) is 26.4 Å². The third kappa shape index (κ3) is 26.2. The van der Waals surface area contributed by atoms with Gasteiger partial charge in [0.05, 0.1) is 38.6 Å². The minimum absolute atomic E-state index is 0.242. The number of hydrogen-bond donors (Lipinski definition) is 12. The van der Waals surface area contributed by atoms with Gasteiger partial charge in [0.2, 0.25) is 5.91 Å². The Morgan fingerprint density at radius 3 is 1.35 bits per heavy atom. The highest BCUT2D eigenvalue weighted by Crippen LogP contribution is 2.33. The quantitative estimate of drug-likeness (QED) is 0.0285. The number of ether oxygens (including phenoxy) is 6. The highest BCUT2D eigenvalue weighted by Gasteiger charge is 2.53. The van der Waals surface area contributed by atoms with Gasteiger partial charge in [-0.25, -0.2) is 0 Å². The van der Waals surface area contributed by atoms with Crippen molar-refractivity contribution in [1.29, 1.82) is 0 Å². The van der Waals surface area contributed by atoms with Crippen LogP contribution < -0.4 is 5.32 Å². The van der Waals surface area contributed by atoms with Gasteiger partial charge in [-0.05, 0) is 51.4 Å². The predicted molar refractivity (Wildman–Crippen MR) is 291 cm³/mol. The van der Waals surface area contributed by atoms with Crippen molar-refractivity contribution >= 4 is 5.91 Å². The summed E-state index contributed by atoms with van der Waals surface area (Å²) in [6.45, 7) is 1.57. The molecule has 0 radical (unpaired) electrons. The average Bonchev–Trinajstić information content (AvgIpc) is 3.42. The van der Waals surface area contributed by atoms with Crippen molar-refractivity contribution in [2.24, 2.45) is 0 Å². The van der Waals surface area contributed by atoms with Crippen LogP contribution in [-0.4, -0.2) is 193 Å². The molecule has 0 spiro atoms. The number of carbonyl (C=O) groups is 1. The number of amides is 1. The standard InChI is InChI=1S/C58H105NO18/c1-3-5-7-9-10-11-12-13-14-15-16-17-18-19-20-21-22-23-24-25-26-27-28-29-30-32-34-36-46(64)59-41(42(63)35-33-31-8-6-4-2)40-72-56-52(70)49(67)54(44(38-61)74-56)77-58-53(71)50(68)55(45(39-62)75-58)76-57-51(69)48(66)47(65)43(37-60)73-57/h12-13,15-16,33,35,41-45,47-58,60-63,65-71H,3-11,14,17-32,34,36-40H2,1-2H3,(H,59,64)/b13-12-,16-15-,35-33+.